The van der Waals surface area contributed by atoms with Crippen LogP contribution in [0.15, 0.2) is 41.6 Å². The number of anilines is 1. The number of fused-ring (bicyclic) bond motifs is 1. The molecule has 0 amide bonds. The molecule has 3 heterocycles. The normalized spacial score (nSPS) is 18.7. The minimum absolute atomic E-state index is 0.150. The van der Waals surface area contributed by atoms with Crippen molar-refractivity contribution >= 4 is 33.1 Å². The Kier molecular flexibility index (Phi) is 4.26. The molecule has 5 rings (SSSR count). The van der Waals surface area contributed by atoms with Gasteiger partial charge < -0.3 is 4.90 Å². The van der Waals surface area contributed by atoms with Crippen LogP contribution in [0.3, 0.4) is 0 Å². The van der Waals surface area contributed by atoms with Gasteiger partial charge in [0, 0.05) is 44.5 Å². The molecule has 1 saturated carbocycles. The first-order valence-corrected chi connectivity index (χ1v) is 11.1. The summed E-state index contributed by atoms with van der Waals surface area (Å²) in [5.74, 6) is 2.22. The molecule has 1 saturated heterocycles. The first-order chi connectivity index (χ1) is 13.6. The fourth-order valence-corrected chi connectivity index (χ4v) is 5.52. The van der Waals surface area contributed by atoms with Gasteiger partial charge in [-0.15, -0.1) is 10.2 Å². The number of halogens is 1. The van der Waals surface area contributed by atoms with Gasteiger partial charge in [0.05, 0.1) is 5.02 Å². The molecule has 8 nitrogen and oxygen atoms in total. The highest BCUT2D eigenvalue weighted by Gasteiger charge is 2.32. The second-order valence-corrected chi connectivity index (χ2v) is 9.41. The average molecular weight is 419 g/mol. The van der Waals surface area contributed by atoms with Crippen molar-refractivity contribution in [2.45, 2.75) is 23.7 Å². The maximum Gasteiger partial charge on any atom is 0.244 e. The number of hydrogen-bond acceptors (Lipinski definition) is 6. The molecule has 0 bridgehead atoms. The summed E-state index contributed by atoms with van der Waals surface area (Å²) in [7, 11) is -3.62. The third kappa shape index (κ3) is 2.94. The molecule has 146 valence electrons. The summed E-state index contributed by atoms with van der Waals surface area (Å²) in [4.78, 5) is 6.72. The van der Waals surface area contributed by atoms with Crippen LogP contribution in [0.4, 0.5) is 5.82 Å². The van der Waals surface area contributed by atoms with Crippen LogP contribution in [0.25, 0.3) is 5.65 Å². The highest BCUT2D eigenvalue weighted by molar-refractivity contribution is 7.89. The maximum absolute atomic E-state index is 12.9. The van der Waals surface area contributed by atoms with Crippen LogP contribution in [0.1, 0.15) is 24.6 Å². The monoisotopic (exact) mass is 418 g/mol. The Morgan fingerprint density at radius 1 is 1.04 bits per heavy atom. The molecule has 10 heteroatoms. The molecule has 0 radical (unpaired) electrons. The zero-order chi connectivity index (χ0) is 19.3. The Hall–Kier alpha value is -2.23. The highest BCUT2D eigenvalue weighted by atomic mass is 35.5. The zero-order valence-corrected chi connectivity index (χ0v) is 16.6. The Balaban J connectivity index is 1.38. The molecule has 2 aliphatic rings. The van der Waals surface area contributed by atoms with Crippen molar-refractivity contribution in [1.29, 1.82) is 0 Å². The van der Waals surface area contributed by atoms with Crippen LogP contribution in [0, 0.1) is 0 Å². The standard InChI is InChI=1S/C18H19ClN6O2S/c19-14-3-1-2-4-15(14)28(26,27)24-11-9-23(10-12-24)17-18-22-21-16(13-5-6-13)25(18)8-7-20-17/h1-4,7-8,13H,5-6,9-12H2. The van der Waals surface area contributed by atoms with Gasteiger partial charge in [-0.05, 0) is 25.0 Å². The fourth-order valence-electron chi connectivity index (χ4n) is 3.61. The van der Waals surface area contributed by atoms with Gasteiger partial charge in [0.2, 0.25) is 15.7 Å². The lowest BCUT2D eigenvalue weighted by Crippen LogP contribution is -2.49. The van der Waals surface area contributed by atoms with Crippen molar-refractivity contribution in [3.05, 3.63) is 47.5 Å². The average Bonchev–Trinajstić information content (AvgIpc) is 3.46. The van der Waals surface area contributed by atoms with E-state index in [0.717, 1.165) is 30.1 Å². The Morgan fingerprint density at radius 3 is 2.50 bits per heavy atom. The van der Waals surface area contributed by atoms with E-state index in [0.29, 0.717) is 32.1 Å². The molecule has 0 N–H and O–H groups in total. The lowest BCUT2D eigenvalue weighted by atomic mass is 10.3. The third-order valence-electron chi connectivity index (χ3n) is 5.27. The molecule has 2 fully saturated rings. The number of rotatable bonds is 4. The summed E-state index contributed by atoms with van der Waals surface area (Å²) in [5, 5.41) is 8.93. The van der Waals surface area contributed by atoms with E-state index in [2.05, 4.69) is 20.1 Å². The van der Waals surface area contributed by atoms with Crippen molar-refractivity contribution in [2.24, 2.45) is 0 Å². The van der Waals surface area contributed by atoms with Crippen molar-refractivity contribution in [3.8, 4) is 0 Å². The SMILES string of the molecule is O=S(=O)(c1ccccc1Cl)N1CCN(c2nccn3c(C4CC4)nnc23)CC1. The summed E-state index contributed by atoms with van der Waals surface area (Å²) >= 11 is 6.11. The van der Waals surface area contributed by atoms with Crippen molar-refractivity contribution < 1.29 is 8.42 Å². The van der Waals surface area contributed by atoms with E-state index in [-0.39, 0.29) is 9.92 Å². The topological polar surface area (TPSA) is 83.7 Å². The Morgan fingerprint density at radius 2 is 1.79 bits per heavy atom. The number of piperazine rings is 1. The summed E-state index contributed by atoms with van der Waals surface area (Å²) < 4.78 is 29.3. The van der Waals surface area contributed by atoms with Crippen LogP contribution in [0.5, 0.6) is 0 Å². The molecule has 2 aromatic heterocycles. The lowest BCUT2D eigenvalue weighted by Gasteiger charge is -2.34. The largest absolute Gasteiger partial charge is 0.351 e. The van der Waals surface area contributed by atoms with Crippen molar-refractivity contribution in [3.63, 3.8) is 0 Å². The van der Waals surface area contributed by atoms with Gasteiger partial charge in [-0.2, -0.15) is 4.31 Å². The number of hydrogen-bond donors (Lipinski definition) is 0. The fraction of sp³-hybridized carbons (Fsp3) is 0.389. The Labute approximate surface area is 167 Å². The number of sulfonamides is 1. The predicted octanol–water partition coefficient (Wildman–Crippen LogP) is 2.17. The summed E-state index contributed by atoms with van der Waals surface area (Å²) in [6.45, 7) is 1.78. The molecule has 0 atom stereocenters. The number of benzene rings is 1. The summed E-state index contributed by atoms with van der Waals surface area (Å²) in [5.41, 5.74) is 0.729. The predicted molar refractivity (Wildman–Crippen MR) is 105 cm³/mol. The quantitative estimate of drug-likeness (QED) is 0.645. The van der Waals surface area contributed by atoms with Gasteiger partial charge in [-0.3, -0.25) is 4.40 Å². The minimum atomic E-state index is -3.62. The Bertz CT molecular complexity index is 1140. The molecule has 1 aliphatic carbocycles. The van der Waals surface area contributed by atoms with Gasteiger partial charge in [0.15, 0.2) is 5.82 Å². The second-order valence-electron chi connectivity index (χ2n) is 7.10. The summed E-state index contributed by atoms with van der Waals surface area (Å²) in [6.07, 6.45) is 5.95. The smallest absolute Gasteiger partial charge is 0.244 e. The summed E-state index contributed by atoms with van der Waals surface area (Å²) in [6, 6.07) is 6.54. The van der Waals surface area contributed by atoms with E-state index >= 15 is 0 Å². The zero-order valence-electron chi connectivity index (χ0n) is 15.1. The molecule has 0 spiro atoms. The number of aromatic nitrogens is 4. The van der Waals surface area contributed by atoms with E-state index in [1.165, 1.54) is 4.31 Å². The molecule has 28 heavy (non-hydrogen) atoms. The van der Waals surface area contributed by atoms with Crippen LogP contribution in [0.2, 0.25) is 5.02 Å². The van der Waals surface area contributed by atoms with Crippen LogP contribution in [-0.2, 0) is 10.0 Å². The van der Waals surface area contributed by atoms with E-state index in [4.69, 9.17) is 11.6 Å². The molecule has 0 unspecified atom stereocenters. The van der Waals surface area contributed by atoms with E-state index in [1.807, 2.05) is 10.6 Å². The first kappa shape index (κ1) is 17.8. The maximum atomic E-state index is 12.9. The van der Waals surface area contributed by atoms with E-state index in [1.54, 1.807) is 30.5 Å². The van der Waals surface area contributed by atoms with Crippen LogP contribution < -0.4 is 4.90 Å². The van der Waals surface area contributed by atoms with E-state index < -0.39 is 10.0 Å². The number of nitrogens with zero attached hydrogens (tertiary/aromatic N) is 6. The first-order valence-electron chi connectivity index (χ1n) is 9.25. The molecular formula is C18H19ClN6O2S. The third-order valence-corrected chi connectivity index (χ3v) is 7.67. The van der Waals surface area contributed by atoms with Gasteiger partial charge in [0.25, 0.3) is 0 Å². The molecule has 3 aromatic rings. The van der Waals surface area contributed by atoms with E-state index in [9.17, 15) is 8.42 Å². The van der Waals surface area contributed by atoms with Crippen LogP contribution in [-0.4, -0.2) is 58.5 Å². The molecule has 1 aromatic carbocycles. The van der Waals surface area contributed by atoms with Gasteiger partial charge in [-0.25, -0.2) is 13.4 Å². The minimum Gasteiger partial charge on any atom is -0.351 e. The highest BCUT2D eigenvalue weighted by Crippen LogP contribution is 2.39. The van der Waals surface area contributed by atoms with Crippen molar-refractivity contribution in [1.82, 2.24) is 23.9 Å². The van der Waals surface area contributed by atoms with Crippen LogP contribution >= 0.6 is 11.6 Å². The van der Waals surface area contributed by atoms with Crippen molar-refractivity contribution in [2.75, 3.05) is 31.1 Å². The molecular weight excluding hydrogens is 400 g/mol. The van der Waals surface area contributed by atoms with Gasteiger partial charge in [-0.1, -0.05) is 23.7 Å². The van der Waals surface area contributed by atoms with Gasteiger partial charge >= 0.3 is 0 Å². The lowest BCUT2D eigenvalue weighted by molar-refractivity contribution is 0.384. The molecule has 1 aliphatic heterocycles. The second kappa shape index (κ2) is 6.68. The van der Waals surface area contributed by atoms with Gasteiger partial charge in [0.1, 0.15) is 10.7 Å².